The van der Waals surface area contributed by atoms with Crippen molar-refractivity contribution in [3.05, 3.63) is 53.1 Å². The summed E-state index contributed by atoms with van der Waals surface area (Å²) in [6.45, 7) is 4.54. The minimum Gasteiger partial charge on any atom is -0.0773 e. The molecule has 1 heteroatoms. The van der Waals surface area contributed by atoms with Gasteiger partial charge in [0.25, 0.3) is 0 Å². The Labute approximate surface area is 162 Å². The van der Waals surface area contributed by atoms with Gasteiger partial charge in [-0.15, -0.1) is 0 Å². The van der Waals surface area contributed by atoms with Gasteiger partial charge in [-0.2, -0.15) is 0 Å². The molecule has 0 saturated heterocycles. The average molecular weight is 346 g/mol. The molecule has 2 fully saturated rings. The molecule has 1 aromatic carbocycles. The average Bonchev–Trinajstić information content (AvgIpc) is 2.70. The van der Waals surface area contributed by atoms with E-state index in [1.165, 1.54) is 68.9 Å². The van der Waals surface area contributed by atoms with Crippen LogP contribution in [0.15, 0.2) is 42.0 Å². The number of benzene rings is 1. The third kappa shape index (κ3) is 5.15. The summed E-state index contributed by atoms with van der Waals surface area (Å²) in [5.74, 6) is 1.98. The summed E-state index contributed by atoms with van der Waals surface area (Å²) in [5, 5.41) is 0. The van der Waals surface area contributed by atoms with Gasteiger partial charge in [-0.05, 0) is 67.6 Å². The largest absolute Gasteiger partial charge is 0.0773 e. The Morgan fingerprint density at radius 1 is 0.923 bits per heavy atom. The van der Waals surface area contributed by atoms with Crippen molar-refractivity contribution in [3.63, 3.8) is 0 Å². The van der Waals surface area contributed by atoms with E-state index in [1.54, 1.807) is 11.1 Å². The molecule has 3 rings (SSSR count). The van der Waals surface area contributed by atoms with Crippen molar-refractivity contribution in [1.29, 1.82) is 0 Å². The smallest absolute Gasteiger partial charge is 0.0699 e. The van der Waals surface area contributed by atoms with Gasteiger partial charge >= 0.3 is 0 Å². The van der Waals surface area contributed by atoms with Crippen molar-refractivity contribution in [1.82, 2.24) is 0 Å². The van der Waals surface area contributed by atoms with E-state index in [9.17, 15) is 0 Å². The Morgan fingerprint density at radius 2 is 1.58 bits per heavy atom. The molecule has 0 unspecified atom stereocenters. The van der Waals surface area contributed by atoms with Crippen LogP contribution in [0.25, 0.3) is 5.57 Å². The lowest BCUT2D eigenvalue weighted by Crippen LogP contribution is -2.12. The lowest BCUT2D eigenvalue weighted by Gasteiger charge is -2.28. The Bertz CT molecular complexity index is 608. The molecule has 2 aliphatic carbocycles. The molecular weight excluding hydrogens is 311 g/mol. The Morgan fingerprint density at radius 3 is 2.19 bits per heavy atom. The molecule has 0 nitrogen and oxygen atoms in total. The number of allylic oxidation sites excluding steroid dienone is 4. The molecular formula is C25H35B. The van der Waals surface area contributed by atoms with Gasteiger partial charge in [0.2, 0.25) is 0 Å². The van der Waals surface area contributed by atoms with E-state index in [0.717, 1.165) is 18.3 Å². The molecule has 2 radical (unpaired) electrons. The first-order valence-electron chi connectivity index (χ1n) is 10.9. The van der Waals surface area contributed by atoms with Crippen LogP contribution in [-0.2, 0) is 0 Å². The molecule has 0 heterocycles. The van der Waals surface area contributed by atoms with Crippen molar-refractivity contribution in [2.45, 2.75) is 89.8 Å². The zero-order valence-corrected chi connectivity index (χ0v) is 16.8. The maximum atomic E-state index is 6.07. The zero-order valence-electron chi connectivity index (χ0n) is 16.8. The van der Waals surface area contributed by atoms with E-state index in [4.69, 9.17) is 7.85 Å². The van der Waals surface area contributed by atoms with Gasteiger partial charge in [-0.3, -0.25) is 0 Å². The van der Waals surface area contributed by atoms with Gasteiger partial charge in [-0.1, -0.05) is 86.8 Å². The van der Waals surface area contributed by atoms with E-state index in [1.807, 2.05) is 0 Å². The molecule has 0 spiro atoms. The zero-order chi connectivity index (χ0) is 18.4. The third-order valence-electron chi connectivity index (χ3n) is 6.69. The highest BCUT2D eigenvalue weighted by Crippen LogP contribution is 2.36. The number of hydrogen-bond donors (Lipinski definition) is 0. The highest BCUT2D eigenvalue weighted by molar-refractivity contribution is 6.11. The van der Waals surface area contributed by atoms with Gasteiger partial charge in [0.15, 0.2) is 0 Å². The van der Waals surface area contributed by atoms with E-state index in [2.05, 4.69) is 50.3 Å². The number of rotatable bonds is 5. The molecule has 0 amide bonds. The first-order chi connectivity index (χ1) is 12.7. The van der Waals surface area contributed by atoms with Crippen molar-refractivity contribution in [2.75, 3.05) is 0 Å². The molecule has 0 aliphatic heterocycles. The van der Waals surface area contributed by atoms with Gasteiger partial charge in [0.1, 0.15) is 0 Å². The predicted molar refractivity (Wildman–Crippen MR) is 116 cm³/mol. The topological polar surface area (TPSA) is 0 Å². The second kappa shape index (κ2) is 9.63. The molecule has 1 aromatic rings. The molecule has 0 atom stereocenters. The van der Waals surface area contributed by atoms with Crippen LogP contribution in [0.1, 0.15) is 95.1 Å². The van der Waals surface area contributed by atoms with Crippen LogP contribution in [0.5, 0.6) is 0 Å². The van der Waals surface area contributed by atoms with Gasteiger partial charge in [0, 0.05) is 0 Å². The van der Waals surface area contributed by atoms with E-state index >= 15 is 0 Å². The molecule has 0 bridgehead atoms. The van der Waals surface area contributed by atoms with E-state index in [0.29, 0.717) is 5.82 Å². The lowest BCUT2D eigenvalue weighted by atomic mass is 9.70. The maximum Gasteiger partial charge on any atom is 0.0699 e. The van der Waals surface area contributed by atoms with Crippen LogP contribution in [0, 0.1) is 5.92 Å². The Kier molecular flexibility index (Phi) is 7.23. The maximum absolute atomic E-state index is 6.07. The minimum absolute atomic E-state index is 0.435. The van der Waals surface area contributed by atoms with Crippen molar-refractivity contribution in [3.8, 4) is 0 Å². The van der Waals surface area contributed by atoms with Crippen LogP contribution in [-0.4, -0.2) is 7.85 Å². The number of hydrogen-bond acceptors (Lipinski definition) is 0. The Hall–Kier alpha value is -1.24. The van der Waals surface area contributed by atoms with Crippen molar-refractivity contribution < 1.29 is 0 Å². The normalized spacial score (nSPS) is 26.1. The van der Waals surface area contributed by atoms with Gasteiger partial charge in [-0.25, -0.2) is 0 Å². The second-order valence-electron chi connectivity index (χ2n) is 8.51. The fourth-order valence-electron chi connectivity index (χ4n) is 4.81. The summed E-state index contributed by atoms with van der Waals surface area (Å²) in [5.41, 5.74) is 5.89. The minimum atomic E-state index is 0.435. The summed E-state index contributed by atoms with van der Waals surface area (Å²) in [6.07, 6.45) is 17.8. The van der Waals surface area contributed by atoms with Crippen LogP contribution >= 0.6 is 0 Å². The molecule has 26 heavy (non-hydrogen) atoms. The summed E-state index contributed by atoms with van der Waals surface area (Å²) < 4.78 is 0. The van der Waals surface area contributed by atoms with Crippen LogP contribution < -0.4 is 0 Å². The third-order valence-corrected chi connectivity index (χ3v) is 6.69. The lowest BCUT2D eigenvalue weighted by molar-refractivity contribution is 0.397. The Balaban J connectivity index is 1.65. The van der Waals surface area contributed by atoms with Crippen LogP contribution in [0.3, 0.4) is 0 Å². The predicted octanol–water partition coefficient (Wildman–Crippen LogP) is 7.62. The highest BCUT2D eigenvalue weighted by atomic mass is 14.2. The monoisotopic (exact) mass is 346 g/mol. The van der Waals surface area contributed by atoms with Crippen LogP contribution in [0.4, 0.5) is 0 Å². The summed E-state index contributed by atoms with van der Waals surface area (Å²) in [4.78, 5) is 0. The van der Waals surface area contributed by atoms with Gasteiger partial charge in [0.05, 0.1) is 7.85 Å². The molecule has 138 valence electrons. The van der Waals surface area contributed by atoms with Gasteiger partial charge < -0.3 is 0 Å². The fourth-order valence-corrected chi connectivity index (χ4v) is 4.81. The summed E-state index contributed by atoms with van der Waals surface area (Å²) >= 11 is 0. The summed E-state index contributed by atoms with van der Waals surface area (Å²) in [7, 11) is 6.07. The standard InChI is InChI=1S/C25H35B/c1-3-20(23-15-17-25(26)18-16-23)10-9-19(2)21-11-13-24(14-12-21)22-7-5-4-6-8-22/h9-14,22-23,25H,3-8,15-18H2,1-2H3/b19-9+,20-10+. The highest BCUT2D eigenvalue weighted by Gasteiger charge is 2.20. The van der Waals surface area contributed by atoms with E-state index in [-0.39, 0.29) is 0 Å². The fraction of sp³-hybridized carbons (Fsp3) is 0.600. The molecule has 0 N–H and O–H groups in total. The molecule has 0 aromatic heterocycles. The molecule has 2 aliphatic rings. The van der Waals surface area contributed by atoms with Crippen LogP contribution in [0.2, 0.25) is 5.82 Å². The first kappa shape index (κ1) is 19.5. The summed E-state index contributed by atoms with van der Waals surface area (Å²) in [6, 6.07) is 9.40. The van der Waals surface area contributed by atoms with Crippen molar-refractivity contribution in [2.24, 2.45) is 5.92 Å². The first-order valence-corrected chi connectivity index (χ1v) is 10.9. The SMILES string of the molecule is [B]C1CCC(/C(=C/C=C(\C)c2ccc(C3CCCCC3)cc2)CC)CC1. The van der Waals surface area contributed by atoms with E-state index < -0.39 is 0 Å². The molecule has 2 saturated carbocycles. The second-order valence-corrected chi connectivity index (χ2v) is 8.51. The quantitative estimate of drug-likeness (QED) is 0.380. The van der Waals surface area contributed by atoms with Crippen molar-refractivity contribution >= 4 is 13.4 Å².